The van der Waals surface area contributed by atoms with E-state index >= 15 is 0 Å². The lowest BCUT2D eigenvalue weighted by Crippen LogP contribution is -2.36. The number of anilines is 2. The zero-order chi connectivity index (χ0) is 14.3. The summed E-state index contributed by atoms with van der Waals surface area (Å²) >= 11 is 0. The highest BCUT2D eigenvalue weighted by Gasteiger charge is 2.10. The van der Waals surface area contributed by atoms with Gasteiger partial charge in [-0.25, -0.2) is 9.97 Å². The molecule has 6 nitrogen and oxygen atoms in total. The van der Waals surface area contributed by atoms with E-state index in [9.17, 15) is 4.79 Å². The van der Waals surface area contributed by atoms with E-state index in [0.717, 1.165) is 25.1 Å². The first-order chi connectivity index (χ1) is 9.06. The first kappa shape index (κ1) is 15.2. The number of nitrogens with two attached hydrogens (primary N) is 1. The van der Waals surface area contributed by atoms with Crippen LogP contribution in [0.2, 0.25) is 0 Å². The molecular formula is C13H23N5O. The Balaban J connectivity index is 2.70. The van der Waals surface area contributed by atoms with E-state index in [1.807, 2.05) is 14.0 Å². The van der Waals surface area contributed by atoms with Gasteiger partial charge in [0.25, 0.3) is 0 Å². The molecule has 0 radical (unpaired) electrons. The van der Waals surface area contributed by atoms with Crippen molar-refractivity contribution in [3.8, 4) is 0 Å². The Kier molecular flexibility index (Phi) is 6.05. The van der Waals surface area contributed by atoms with Crippen molar-refractivity contribution in [1.82, 2.24) is 15.3 Å². The van der Waals surface area contributed by atoms with Crippen molar-refractivity contribution >= 4 is 17.5 Å². The maximum atomic E-state index is 11.7. The van der Waals surface area contributed by atoms with Crippen LogP contribution >= 0.6 is 0 Å². The molecule has 106 valence electrons. The van der Waals surface area contributed by atoms with Crippen molar-refractivity contribution in [2.45, 2.75) is 33.1 Å². The highest BCUT2D eigenvalue weighted by Crippen LogP contribution is 2.13. The second kappa shape index (κ2) is 7.56. The van der Waals surface area contributed by atoms with Crippen LogP contribution < -0.4 is 16.0 Å². The third-order valence-corrected chi connectivity index (χ3v) is 2.60. The van der Waals surface area contributed by atoms with Crippen molar-refractivity contribution in [2.75, 3.05) is 30.8 Å². The standard InChI is InChI=1S/C13H23N5O/c1-4-6-11-16-10(14)8-12(17-11)18(3)9-13(19)15-7-5-2/h8H,4-7,9H2,1-3H3,(H,15,19)(H2,14,16,17). The fourth-order valence-electron chi connectivity index (χ4n) is 1.65. The van der Waals surface area contributed by atoms with Gasteiger partial charge in [0.2, 0.25) is 5.91 Å². The molecule has 1 aromatic rings. The van der Waals surface area contributed by atoms with Gasteiger partial charge in [-0.3, -0.25) is 4.79 Å². The third kappa shape index (κ3) is 5.11. The number of carbonyl (C=O) groups excluding carboxylic acids is 1. The molecule has 0 saturated carbocycles. The van der Waals surface area contributed by atoms with Gasteiger partial charge in [0, 0.05) is 26.1 Å². The summed E-state index contributed by atoms with van der Waals surface area (Å²) in [6.45, 7) is 5.04. The number of carbonyl (C=O) groups is 1. The van der Waals surface area contributed by atoms with Crippen LogP contribution in [-0.4, -0.2) is 36.0 Å². The largest absolute Gasteiger partial charge is 0.384 e. The summed E-state index contributed by atoms with van der Waals surface area (Å²) in [5.41, 5.74) is 5.76. The molecule has 0 saturated heterocycles. The quantitative estimate of drug-likeness (QED) is 0.767. The second-order valence-corrected chi connectivity index (χ2v) is 4.52. The van der Waals surface area contributed by atoms with Crippen molar-refractivity contribution < 1.29 is 4.79 Å². The highest BCUT2D eigenvalue weighted by atomic mass is 16.2. The average molecular weight is 265 g/mol. The maximum absolute atomic E-state index is 11.7. The smallest absolute Gasteiger partial charge is 0.239 e. The van der Waals surface area contributed by atoms with Gasteiger partial charge >= 0.3 is 0 Å². The van der Waals surface area contributed by atoms with Gasteiger partial charge in [-0.2, -0.15) is 0 Å². The van der Waals surface area contributed by atoms with Gasteiger partial charge in [-0.15, -0.1) is 0 Å². The van der Waals surface area contributed by atoms with Crippen molar-refractivity contribution in [2.24, 2.45) is 0 Å². The summed E-state index contributed by atoms with van der Waals surface area (Å²) < 4.78 is 0. The summed E-state index contributed by atoms with van der Waals surface area (Å²) in [6.07, 6.45) is 2.67. The number of aryl methyl sites for hydroxylation is 1. The molecule has 1 amide bonds. The van der Waals surface area contributed by atoms with Crippen LogP contribution in [0.15, 0.2) is 6.07 Å². The minimum absolute atomic E-state index is 0.0152. The number of nitrogen functional groups attached to an aromatic ring is 1. The van der Waals surface area contributed by atoms with Crippen LogP contribution in [0, 0.1) is 0 Å². The van der Waals surface area contributed by atoms with Gasteiger partial charge < -0.3 is 16.0 Å². The van der Waals surface area contributed by atoms with Gasteiger partial charge in [-0.1, -0.05) is 13.8 Å². The minimum Gasteiger partial charge on any atom is -0.384 e. The summed E-state index contributed by atoms with van der Waals surface area (Å²) in [7, 11) is 1.82. The second-order valence-electron chi connectivity index (χ2n) is 4.52. The SMILES string of the molecule is CCCNC(=O)CN(C)c1cc(N)nc(CCC)n1. The first-order valence-electron chi connectivity index (χ1n) is 6.68. The van der Waals surface area contributed by atoms with Gasteiger partial charge in [0.1, 0.15) is 17.5 Å². The summed E-state index contributed by atoms with van der Waals surface area (Å²) in [5, 5.41) is 2.83. The Morgan fingerprint density at radius 3 is 2.74 bits per heavy atom. The molecule has 0 aliphatic heterocycles. The average Bonchev–Trinajstić information content (AvgIpc) is 2.36. The molecule has 0 bridgehead atoms. The number of nitrogens with zero attached hydrogens (tertiary/aromatic N) is 3. The molecule has 1 heterocycles. The lowest BCUT2D eigenvalue weighted by Gasteiger charge is -2.18. The first-order valence-corrected chi connectivity index (χ1v) is 6.68. The van der Waals surface area contributed by atoms with Gasteiger partial charge in [0.15, 0.2) is 0 Å². The Morgan fingerprint density at radius 2 is 2.11 bits per heavy atom. The van der Waals surface area contributed by atoms with Crippen LogP contribution in [0.25, 0.3) is 0 Å². The van der Waals surface area contributed by atoms with Crippen molar-refractivity contribution in [1.29, 1.82) is 0 Å². The lowest BCUT2D eigenvalue weighted by atomic mass is 10.3. The summed E-state index contributed by atoms with van der Waals surface area (Å²) in [5.74, 6) is 1.83. The van der Waals surface area contributed by atoms with E-state index in [0.29, 0.717) is 18.2 Å². The molecule has 6 heteroatoms. The van der Waals surface area contributed by atoms with E-state index in [2.05, 4.69) is 22.2 Å². The Bertz CT molecular complexity index is 421. The fraction of sp³-hybridized carbons (Fsp3) is 0.615. The monoisotopic (exact) mass is 265 g/mol. The van der Waals surface area contributed by atoms with Crippen LogP contribution in [0.5, 0.6) is 0 Å². The minimum atomic E-state index is -0.0152. The van der Waals surface area contributed by atoms with E-state index in [4.69, 9.17) is 5.73 Å². The lowest BCUT2D eigenvalue weighted by molar-refractivity contribution is -0.119. The molecule has 1 aromatic heterocycles. The number of rotatable bonds is 7. The van der Waals surface area contributed by atoms with Gasteiger partial charge in [-0.05, 0) is 12.8 Å². The fourth-order valence-corrected chi connectivity index (χ4v) is 1.65. The van der Waals surface area contributed by atoms with Crippen molar-refractivity contribution in [3.63, 3.8) is 0 Å². The molecule has 3 N–H and O–H groups in total. The van der Waals surface area contributed by atoms with E-state index in [1.54, 1.807) is 11.0 Å². The highest BCUT2D eigenvalue weighted by molar-refractivity contribution is 5.80. The number of hydrogen-bond acceptors (Lipinski definition) is 5. The van der Waals surface area contributed by atoms with Crippen LogP contribution in [0.1, 0.15) is 32.5 Å². The maximum Gasteiger partial charge on any atom is 0.239 e. The third-order valence-electron chi connectivity index (χ3n) is 2.60. The predicted octanol–water partition coefficient (Wildman–Crippen LogP) is 0.974. The molecule has 0 unspecified atom stereocenters. The van der Waals surface area contributed by atoms with E-state index < -0.39 is 0 Å². The molecule has 0 aliphatic carbocycles. The number of hydrogen-bond donors (Lipinski definition) is 2. The molecule has 0 aromatic carbocycles. The Hall–Kier alpha value is -1.85. The number of likely N-dealkylation sites (N-methyl/N-ethyl adjacent to an activating group) is 1. The number of amides is 1. The summed E-state index contributed by atoms with van der Waals surface area (Å²) in [4.78, 5) is 22.0. The van der Waals surface area contributed by atoms with E-state index in [1.165, 1.54) is 0 Å². The molecule has 0 fully saturated rings. The Morgan fingerprint density at radius 1 is 1.37 bits per heavy atom. The zero-order valence-corrected chi connectivity index (χ0v) is 11.9. The Labute approximate surface area is 114 Å². The van der Waals surface area contributed by atoms with Crippen LogP contribution in [0.4, 0.5) is 11.6 Å². The molecule has 0 aliphatic rings. The number of aromatic nitrogens is 2. The molecule has 0 atom stereocenters. The molecule has 19 heavy (non-hydrogen) atoms. The van der Waals surface area contributed by atoms with Gasteiger partial charge in [0.05, 0.1) is 6.54 Å². The zero-order valence-electron chi connectivity index (χ0n) is 11.9. The number of nitrogens with one attached hydrogen (secondary N) is 1. The molecular weight excluding hydrogens is 242 g/mol. The van der Waals surface area contributed by atoms with Crippen LogP contribution in [-0.2, 0) is 11.2 Å². The topological polar surface area (TPSA) is 84.1 Å². The predicted molar refractivity (Wildman–Crippen MR) is 77.0 cm³/mol. The van der Waals surface area contributed by atoms with Crippen LogP contribution in [0.3, 0.4) is 0 Å². The van der Waals surface area contributed by atoms with E-state index in [-0.39, 0.29) is 12.5 Å². The molecule has 1 rings (SSSR count). The molecule has 0 spiro atoms. The summed E-state index contributed by atoms with van der Waals surface area (Å²) in [6, 6.07) is 1.69. The normalized spacial score (nSPS) is 10.3. The van der Waals surface area contributed by atoms with Crippen molar-refractivity contribution in [3.05, 3.63) is 11.9 Å².